The van der Waals surface area contributed by atoms with E-state index in [1.54, 1.807) is 31.1 Å². The second-order valence-corrected chi connectivity index (χ2v) is 6.88. The fraction of sp³-hybridized carbons (Fsp3) is 0.474. The number of aromatic nitrogens is 2. The molecule has 1 saturated heterocycles. The number of carbonyl (C=O) groups excluding carboxylic acids is 2. The summed E-state index contributed by atoms with van der Waals surface area (Å²) in [6.45, 7) is 6.38. The summed E-state index contributed by atoms with van der Waals surface area (Å²) in [5.41, 5.74) is 7.59. The van der Waals surface area contributed by atoms with E-state index in [2.05, 4.69) is 20.4 Å². The van der Waals surface area contributed by atoms with Crippen LogP contribution in [0.5, 0.6) is 0 Å². The third-order valence-corrected chi connectivity index (χ3v) is 4.87. The Labute approximate surface area is 163 Å². The number of rotatable bonds is 6. The molecule has 150 valence electrons. The van der Waals surface area contributed by atoms with Gasteiger partial charge >= 0.3 is 0 Å². The third-order valence-electron chi connectivity index (χ3n) is 4.87. The molecule has 0 aliphatic carbocycles. The molecule has 3 N–H and O–H groups in total. The van der Waals surface area contributed by atoms with E-state index in [4.69, 9.17) is 10.3 Å². The van der Waals surface area contributed by atoms with Gasteiger partial charge in [-0.15, -0.1) is 0 Å². The van der Waals surface area contributed by atoms with Crippen molar-refractivity contribution in [1.82, 2.24) is 25.3 Å². The highest BCUT2D eigenvalue weighted by atomic mass is 16.5. The highest BCUT2D eigenvalue weighted by Gasteiger charge is 2.37. The van der Waals surface area contributed by atoms with Gasteiger partial charge in [-0.2, -0.15) is 0 Å². The van der Waals surface area contributed by atoms with Gasteiger partial charge in [-0.05, 0) is 31.5 Å². The van der Waals surface area contributed by atoms with E-state index in [0.717, 1.165) is 5.56 Å². The maximum Gasteiger partial charge on any atom is 0.260 e. The molecule has 1 atom stereocenters. The zero-order valence-corrected chi connectivity index (χ0v) is 16.2. The summed E-state index contributed by atoms with van der Waals surface area (Å²) >= 11 is 0. The molecule has 0 radical (unpaired) electrons. The van der Waals surface area contributed by atoms with Gasteiger partial charge in [0.25, 0.3) is 5.91 Å². The normalized spacial score (nSPS) is 17.5. The quantitative estimate of drug-likeness (QED) is 0.722. The highest BCUT2D eigenvalue weighted by molar-refractivity contribution is 5.99. The Hall–Kier alpha value is -2.78. The Morgan fingerprint density at radius 1 is 1.29 bits per heavy atom. The van der Waals surface area contributed by atoms with Crippen LogP contribution in [-0.4, -0.2) is 70.5 Å². The second-order valence-electron chi connectivity index (χ2n) is 6.88. The number of hydrogen-bond donors (Lipinski definition) is 2. The average Bonchev–Trinajstić information content (AvgIpc) is 3.04. The Balaban J connectivity index is 1.79. The molecule has 0 bridgehead atoms. The summed E-state index contributed by atoms with van der Waals surface area (Å²) in [7, 11) is 0. The number of carbonyl (C=O) groups is 2. The Bertz CT molecular complexity index is 803. The van der Waals surface area contributed by atoms with Crippen molar-refractivity contribution < 1.29 is 14.1 Å². The van der Waals surface area contributed by atoms with Crippen molar-refractivity contribution in [1.29, 1.82) is 0 Å². The molecule has 2 amide bonds. The molecule has 9 heteroatoms. The minimum absolute atomic E-state index is 0.204. The van der Waals surface area contributed by atoms with E-state index in [9.17, 15) is 9.59 Å². The zero-order chi connectivity index (χ0) is 20.1. The van der Waals surface area contributed by atoms with Crippen LogP contribution in [0.4, 0.5) is 0 Å². The number of nitrogens with one attached hydrogen (secondary N) is 1. The SMILES string of the molecule is Cc1noc(C)c1C(=O)N1CCN(Cc2ccncc2)CC1C(=O)NCCN. The van der Waals surface area contributed by atoms with Crippen molar-refractivity contribution >= 4 is 11.8 Å². The van der Waals surface area contributed by atoms with Gasteiger partial charge in [0, 0.05) is 51.7 Å². The number of amides is 2. The molecule has 3 rings (SSSR count). The minimum atomic E-state index is -0.608. The van der Waals surface area contributed by atoms with Crippen LogP contribution < -0.4 is 11.1 Å². The maximum atomic E-state index is 13.2. The molecule has 0 aromatic carbocycles. The van der Waals surface area contributed by atoms with Crippen molar-refractivity contribution in [2.24, 2.45) is 5.73 Å². The number of aryl methyl sites for hydroxylation is 2. The maximum absolute atomic E-state index is 13.2. The molecule has 0 saturated carbocycles. The van der Waals surface area contributed by atoms with Crippen LogP contribution in [0.25, 0.3) is 0 Å². The highest BCUT2D eigenvalue weighted by Crippen LogP contribution is 2.20. The summed E-state index contributed by atoms with van der Waals surface area (Å²) in [5, 5.41) is 6.68. The van der Waals surface area contributed by atoms with Crippen LogP contribution in [0.15, 0.2) is 29.0 Å². The van der Waals surface area contributed by atoms with Crippen molar-refractivity contribution in [3.63, 3.8) is 0 Å². The standard InChI is InChI=1S/C19H26N6O3/c1-13-17(14(2)28-23-13)19(27)25-10-9-24(11-15-3-6-21-7-4-15)12-16(25)18(26)22-8-5-20/h3-4,6-7,16H,5,8-12,20H2,1-2H3,(H,22,26). The fourth-order valence-electron chi connectivity index (χ4n) is 3.44. The molecule has 1 aliphatic heterocycles. The van der Waals surface area contributed by atoms with E-state index in [1.807, 2.05) is 12.1 Å². The predicted molar refractivity (Wildman–Crippen MR) is 102 cm³/mol. The van der Waals surface area contributed by atoms with Crippen LogP contribution in [0.1, 0.15) is 27.4 Å². The van der Waals surface area contributed by atoms with Crippen molar-refractivity contribution in [3.05, 3.63) is 47.1 Å². The van der Waals surface area contributed by atoms with Gasteiger partial charge in [-0.1, -0.05) is 5.16 Å². The summed E-state index contributed by atoms with van der Waals surface area (Å²) in [6, 6.07) is 3.29. The number of hydrogen-bond acceptors (Lipinski definition) is 7. The van der Waals surface area contributed by atoms with Crippen molar-refractivity contribution in [2.75, 3.05) is 32.7 Å². The van der Waals surface area contributed by atoms with Gasteiger partial charge < -0.3 is 20.5 Å². The lowest BCUT2D eigenvalue weighted by atomic mass is 10.1. The van der Waals surface area contributed by atoms with Gasteiger partial charge in [0.1, 0.15) is 17.4 Å². The summed E-state index contributed by atoms with van der Waals surface area (Å²) in [4.78, 5) is 33.7. The van der Waals surface area contributed by atoms with Gasteiger partial charge in [-0.3, -0.25) is 19.5 Å². The van der Waals surface area contributed by atoms with E-state index in [0.29, 0.717) is 56.3 Å². The number of pyridine rings is 1. The second kappa shape index (κ2) is 8.94. The smallest absolute Gasteiger partial charge is 0.260 e. The average molecular weight is 386 g/mol. The van der Waals surface area contributed by atoms with E-state index >= 15 is 0 Å². The molecule has 3 heterocycles. The first kappa shape index (κ1) is 20.0. The molecule has 1 aliphatic rings. The van der Waals surface area contributed by atoms with Crippen molar-refractivity contribution in [2.45, 2.75) is 26.4 Å². The lowest BCUT2D eigenvalue weighted by molar-refractivity contribution is -0.127. The van der Waals surface area contributed by atoms with Crippen LogP contribution in [0.2, 0.25) is 0 Å². The molecule has 2 aromatic heterocycles. The molecule has 1 fully saturated rings. The van der Waals surface area contributed by atoms with Gasteiger partial charge in [0.05, 0.1) is 5.69 Å². The van der Waals surface area contributed by atoms with Crippen LogP contribution >= 0.6 is 0 Å². The number of nitrogens with two attached hydrogens (primary N) is 1. The number of nitrogens with zero attached hydrogens (tertiary/aromatic N) is 4. The molecule has 28 heavy (non-hydrogen) atoms. The van der Waals surface area contributed by atoms with Crippen LogP contribution in [0, 0.1) is 13.8 Å². The van der Waals surface area contributed by atoms with Gasteiger partial charge in [0.15, 0.2) is 0 Å². The lowest BCUT2D eigenvalue weighted by Crippen LogP contribution is -2.60. The van der Waals surface area contributed by atoms with E-state index in [1.165, 1.54) is 0 Å². The molecular weight excluding hydrogens is 360 g/mol. The first-order valence-electron chi connectivity index (χ1n) is 9.34. The molecule has 1 unspecified atom stereocenters. The molecule has 2 aromatic rings. The summed E-state index contributed by atoms with van der Waals surface area (Å²) in [5.74, 6) is 0.0283. The largest absolute Gasteiger partial charge is 0.361 e. The Morgan fingerprint density at radius 3 is 2.68 bits per heavy atom. The number of piperazine rings is 1. The van der Waals surface area contributed by atoms with E-state index in [-0.39, 0.29) is 11.8 Å². The predicted octanol–water partition coefficient (Wildman–Crippen LogP) is 0.0879. The van der Waals surface area contributed by atoms with E-state index < -0.39 is 6.04 Å². The first-order chi connectivity index (χ1) is 13.5. The topological polar surface area (TPSA) is 118 Å². The van der Waals surface area contributed by atoms with Crippen LogP contribution in [-0.2, 0) is 11.3 Å². The van der Waals surface area contributed by atoms with Gasteiger partial charge in [0.2, 0.25) is 5.91 Å². The monoisotopic (exact) mass is 386 g/mol. The molecular formula is C19H26N6O3. The zero-order valence-electron chi connectivity index (χ0n) is 16.2. The fourth-order valence-corrected chi connectivity index (χ4v) is 3.44. The lowest BCUT2D eigenvalue weighted by Gasteiger charge is -2.40. The minimum Gasteiger partial charge on any atom is -0.361 e. The molecule has 9 nitrogen and oxygen atoms in total. The summed E-state index contributed by atoms with van der Waals surface area (Å²) < 4.78 is 5.14. The van der Waals surface area contributed by atoms with Crippen molar-refractivity contribution in [3.8, 4) is 0 Å². The van der Waals surface area contributed by atoms with Crippen LogP contribution in [0.3, 0.4) is 0 Å². The Morgan fingerprint density at radius 2 is 2.04 bits per heavy atom. The Kier molecular flexibility index (Phi) is 6.37. The first-order valence-corrected chi connectivity index (χ1v) is 9.34. The summed E-state index contributed by atoms with van der Waals surface area (Å²) in [6.07, 6.45) is 3.50. The molecule has 0 spiro atoms. The third kappa shape index (κ3) is 4.37. The van der Waals surface area contributed by atoms with Gasteiger partial charge in [-0.25, -0.2) is 0 Å².